The first-order chi connectivity index (χ1) is 17.0. The minimum absolute atomic E-state index is 0.241. The standard InChI is InChI=1S/C31H34O4/c1-4-22-20-26(21(2)3)27(23-14-8-5-9-15-23)29(35-31(33)25-18-12-7-13-19-25)28(22)34-30(32)24-16-10-6-11-17-24/h6-7,10-13,16-21,23H,4-5,8-9,14-15H2,1-3H3. The van der Waals surface area contributed by atoms with Crippen LogP contribution >= 0.6 is 0 Å². The second-order valence-corrected chi connectivity index (χ2v) is 9.55. The zero-order valence-corrected chi connectivity index (χ0v) is 20.9. The van der Waals surface area contributed by atoms with Gasteiger partial charge in [0.2, 0.25) is 0 Å². The molecule has 3 aromatic rings. The van der Waals surface area contributed by atoms with Gasteiger partial charge < -0.3 is 9.47 Å². The average molecular weight is 471 g/mol. The molecule has 0 atom stereocenters. The van der Waals surface area contributed by atoms with Crippen molar-refractivity contribution >= 4 is 11.9 Å². The van der Waals surface area contributed by atoms with Crippen LogP contribution in [0.5, 0.6) is 11.5 Å². The van der Waals surface area contributed by atoms with Crippen LogP contribution < -0.4 is 9.47 Å². The van der Waals surface area contributed by atoms with Crippen LogP contribution in [0.2, 0.25) is 0 Å². The average Bonchev–Trinajstić information content (AvgIpc) is 2.90. The molecule has 1 aliphatic rings. The van der Waals surface area contributed by atoms with E-state index in [4.69, 9.17) is 9.47 Å². The summed E-state index contributed by atoms with van der Waals surface area (Å²) in [6, 6.07) is 20.1. The van der Waals surface area contributed by atoms with Crippen molar-refractivity contribution in [3.05, 3.63) is 94.5 Å². The van der Waals surface area contributed by atoms with Gasteiger partial charge in [0, 0.05) is 5.56 Å². The molecule has 35 heavy (non-hydrogen) atoms. The molecular formula is C31H34O4. The van der Waals surface area contributed by atoms with Crippen molar-refractivity contribution < 1.29 is 19.1 Å². The molecular weight excluding hydrogens is 436 g/mol. The molecule has 4 rings (SSSR count). The van der Waals surface area contributed by atoms with Crippen LogP contribution in [0.3, 0.4) is 0 Å². The second-order valence-electron chi connectivity index (χ2n) is 9.55. The summed E-state index contributed by atoms with van der Waals surface area (Å²) >= 11 is 0. The lowest BCUT2D eigenvalue weighted by Gasteiger charge is -2.29. The van der Waals surface area contributed by atoms with E-state index in [0.717, 1.165) is 36.8 Å². The molecule has 0 heterocycles. The number of rotatable bonds is 7. The van der Waals surface area contributed by atoms with Crippen molar-refractivity contribution in [1.82, 2.24) is 0 Å². The van der Waals surface area contributed by atoms with E-state index in [1.807, 2.05) is 43.3 Å². The summed E-state index contributed by atoms with van der Waals surface area (Å²) < 4.78 is 12.2. The highest BCUT2D eigenvalue weighted by atomic mass is 16.6. The molecule has 0 aliphatic heterocycles. The van der Waals surface area contributed by atoms with E-state index < -0.39 is 11.9 Å². The molecule has 0 spiro atoms. The lowest BCUT2D eigenvalue weighted by Crippen LogP contribution is -2.18. The summed E-state index contributed by atoms with van der Waals surface area (Å²) in [5.41, 5.74) is 3.99. The number of esters is 2. The van der Waals surface area contributed by atoms with Crippen LogP contribution in [0.4, 0.5) is 0 Å². The molecule has 0 N–H and O–H groups in total. The maximum atomic E-state index is 13.3. The zero-order chi connectivity index (χ0) is 24.8. The molecule has 182 valence electrons. The molecule has 0 radical (unpaired) electrons. The van der Waals surface area contributed by atoms with E-state index in [2.05, 4.69) is 19.9 Å². The van der Waals surface area contributed by atoms with Crippen molar-refractivity contribution in [2.24, 2.45) is 0 Å². The van der Waals surface area contributed by atoms with Gasteiger partial charge in [-0.05, 0) is 66.5 Å². The number of ether oxygens (including phenoxy) is 2. The zero-order valence-electron chi connectivity index (χ0n) is 20.9. The topological polar surface area (TPSA) is 52.6 Å². The third kappa shape index (κ3) is 5.64. The molecule has 0 saturated heterocycles. The molecule has 1 fully saturated rings. The Kier molecular flexibility index (Phi) is 8.02. The van der Waals surface area contributed by atoms with E-state index in [1.165, 1.54) is 12.0 Å². The van der Waals surface area contributed by atoms with Gasteiger partial charge in [-0.2, -0.15) is 0 Å². The van der Waals surface area contributed by atoms with Gasteiger partial charge in [0.15, 0.2) is 11.5 Å². The molecule has 1 saturated carbocycles. The fourth-order valence-electron chi connectivity index (χ4n) is 4.95. The van der Waals surface area contributed by atoms with E-state index in [0.29, 0.717) is 29.0 Å². The molecule has 0 aromatic heterocycles. The van der Waals surface area contributed by atoms with E-state index in [1.54, 1.807) is 24.3 Å². The highest BCUT2D eigenvalue weighted by molar-refractivity contribution is 5.94. The van der Waals surface area contributed by atoms with Crippen LogP contribution in [0.1, 0.15) is 102 Å². The van der Waals surface area contributed by atoms with Gasteiger partial charge in [0.25, 0.3) is 0 Å². The molecule has 0 bridgehead atoms. The van der Waals surface area contributed by atoms with Crippen LogP contribution in [-0.2, 0) is 6.42 Å². The first-order valence-electron chi connectivity index (χ1n) is 12.7. The molecule has 4 nitrogen and oxygen atoms in total. The predicted molar refractivity (Wildman–Crippen MR) is 139 cm³/mol. The Morgan fingerprint density at radius 1 is 0.800 bits per heavy atom. The Hall–Kier alpha value is -3.40. The smallest absolute Gasteiger partial charge is 0.343 e. The summed E-state index contributed by atoms with van der Waals surface area (Å²) in [6.07, 6.45) is 6.22. The SMILES string of the molecule is CCc1cc(C(C)C)c(C2CCCCC2)c(OC(=O)c2ccccc2)c1OC(=O)c1ccccc1. The van der Waals surface area contributed by atoms with Gasteiger partial charge in [-0.15, -0.1) is 0 Å². The van der Waals surface area contributed by atoms with Gasteiger partial charge in [-0.1, -0.05) is 82.5 Å². The summed E-state index contributed by atoms with van der Waals surface area (Å²) in [5.74, 6) is 0.394. The van der Waals surface area contributed by atoms with Gasteiger partial charge in [0.1, 0.15) is 0 Å². The van der Waals surface area contributed by atoms with E-state index in [9.17, 15) is 9.59 Å². The van der Waals surface area contributed by atoms with Gasteiger partial charge in [0.05, 0.1) is 11.1 Å². The third-order valence-corrected chi connectivity index (χ3v) is 6.81. The highest BCUT2D eigenvalue weighted by Crippen LogP contribution is 2.48. The van der Waals surface area contributed by atoms with E-state index >= 15 is 0 Å². The summed E-state index contributed by atoms with van der Waals surface area (Å²) in [6.45, 7) is 6.36. The maximum Gasteiger partial charge on any atom is 0.343 e. The first kappa shape index (κ1) is 24.7. The Bertz CT molecular complexity index is 1160. The Balaban J connectivity index is 1.88. The molecule has 4 heteroatoms. The van der Waals surface area contributed by atoms with Gasteiger partial charge >= 0.3 is 11.9 Å². The monoisotopic (exact) mass is 470 g/mol. The van der Waals surface area contributed by atoms with Crippen LogP contribution in [-0.4, -0.2) is 11.9 Å². The van der Waals surface area contributed by atoms with Gasteiger partial charge in [-0.3, -0.25) is 0 Å². The number of carbonyl (C=O) groups is 2. The fourth-order valence-corrected chi connectivity index (χ4v) is 4.95. The Morgan fingerprint density at radius 2 is 1.31 bits per heavy atom. The van der Waals surface area contributed by atoms with E-state index in [-0.39, 0.29) is 11.8 Å². The second kappa shape index (κ2) is 11.4. The lowest BCUT2D eigenvalue weighted by molar-refractivity contribution is 0.0678. The quantitative estimate of drug-likeness (QED) is 0.260. The number of benzene rings is 3. The molecule has 0 amide bonds. The van der Waals surface area contributed by atoms with Crippen LogP contribution in [0.25, 0.3) is 0 Å². The van der Waals surface area contributed by atoms with Crippen LogP contribution in [0, 0.1) is 0 Å². The highest BCUT2D eigenvalue weighted by Gasteiger charge is 2.31. The largest absolute Gasteiger partial charge is 0.419 e. The van der Waals surface area contributed by atoms with Crippen molar-refractivity contribution in [3.63, 3.8) is 0 Å². The normalized spacial score (nSPS) is 14.1. The molecule has 3 aromatic carbocycles. The molecule has 0 unspecified atom stereocenters. The third-order valence-electron chi connectivity index (χ3n) is 6.81. The van der Waals surface area contributed by atoms with Crippen LogP contribution in [0.15, 0.2) is 66.7 Å². The van der Waals surface area contributed by atoms with Crippen molar-refractivity contribution in [2.45, 2.75) is 71.1 Å². The minimum Gasteiger partial charge on any atom is -0.419 e. The predicted octanol–water partition coefficient (Wildman–Crippen LogP) is 7.86. The number of carbonyl (C=O) groups excluding carboxylic acids is 2. The number of aryl methyl sites for hydroxylation is 1. The maximum absolute atomic E-state index is 13.3. The van der Waals surface area contributed by atoms with Crippen molar-refractivity contribution in [2.75, 3.05) is 0 Å². The van der Waals surface area contributed by atoms with Crippen molar-refractivity contribution in [3.8, 4) is 11.5 Å². The Labute approximate surface area is 208 Å². The van der Waals surface area contributed by atoms with Crippen molar-refractivity contribution in [1.29, 1.82) is 0 Å². The fraction of sp³-hybridized carbons (Fsp3) is 0.355. The summed E-state index contributed by atoms with van der Waals surface area (Å²) in [4.78, 5) is 26.4. The lowest BCUT2D eigenvalue weighted by atomic mass is 9.78. The summed E-state index contributed by atoms with van der Waals surface area (Å²) in [5, 5.41) is 0. The Morgan fingerprint density at radius 3 is 1.80 bits per heavy atom. The van der Waals surface area contributed by atoms with Gasteiger partial charge in [-0.25, -0.2) is 9.59 Å². The minimum atomic E-state index is -0.454. The summed E-state index contributed by atoms with van der Waals surface area (Å²) in [7, 11) is 0. The first-order valence-corrected chi connectivity index (χ1v) is 12.7. The molecule has 1 aliphatic carbocycles. The number of hydrogen-bond donors (Lipinski definition) is 0. The number of hydrogen-bond acceptors (Lipinski definition) is 4.